The van der Waals surface area contributed by atoms with Crippen LogP contribution in [0.4, 0.5) is 30.6 Å². The van der Waals surface area contributed by atoms with Crippen molar-refractivity contribution in [1.82, 2.24) is 9.97 Å². The molecule has 0 bridgehead atoms. The first-order valence-electron chi connectivity index (χ1n) is 8.49. The molecule has 2 aromatic rings. The highest BCUT2D eigenvalue weighted by molar-refractivity contribution is 5.60. The molecule has 2 saturated carbocycles. The number of aryl methyl sites for hydroxylation is 1. The summed E-state index contributed by atoms with van der Waals surface area (Å²) in [5, 5.41) is 6.28. The molecule has 25 heavy (non-hydrogen) atoms. The van der Waals surface area contributed by atoms with Gasteiger partial charge in [-0.15, -0.1) is 0 Å². The molecule has 1 heterocycles. The number of nitrogens with zero attached hydrogens (tertiary/aromatic N) is 2. The van der Waals surface area contributed by atoms with Crippen LogP contribution in [0.2, 0.25) is 0 Å². The SMILES string of the molecule is Cc1ccc(Nc2cc(C3CC3)nc(NC3CC3)n2)cc1C(F)(F)F. The molecule has 0 atom stereocenters. The first kappa shape index (κ1) is 16.2. The highest BCUT2D eigenvalue weighted by Gasteiger charge is 2.32. The smallest absolute Gasteiger partial charge is 0.351 e. The van der Waals surface area contributed by atoms with Crippen LogP contribution in [-0.4, -0.2) is 16.0 Å². The van der Waals surface area contributed by atoms with E-state index in [1.165, 1.54) is 13.0 Å². The van der Waals surface area contributed by atoms with Crippen LogP contribution in [0.15, 0.2) is 24.3 Å². The minimum Gasteiger partial charge on any atom is -0.351 e. The molecule has 2 aliphatic carbocycles. The normalized spacial score (nSPS) is 17.4. The number of rotatable bonds is 5. The molecule has 7 heteroatoms. The molecule has 0 saturated heterocycles. The lowest BCUT2D eigenvalue weighted by molar-refractivity contribution is -0.138. The first-order valence-corrected chi connectivity index (χ1v) is 8.49. The van der Waals surface area contributed by atoms with E-state index in [1.807, 2.05) is 6.07 Å². The average molecular weight is 348 g/mol. The first-order chi connectivity index (χ1) is 11.9. The van der Waals surface area contributed by atoms with E-state index < -0.39 is 11.7 Å². The maximum atomic E-state index is 13.1. The Morgan fingerprint density at radius 1 is 1.04 bits per heavy atom. The second-order valence-electron chi connectivity index (χ2n) is 6.85. The number of aromatic nitrogens is 2. The lowest BCUT2D eigenvalue weighted by Crippen LogP contribution is -2.10. The zero-order valence-electron chi connectivity index (χ0n) is 13.8. The zero-order chi connectivity index (χ0) is 17.6. The molecule has 0 radical (unpaired) electrons. The van der Waals surface area contributed by atoms with Gasteiger partial charge in [0.05, 0.1) is 11.3 Å². The van der Waals surface area contributed by atoms with E-state index in [-0.39, 0.29) is 5.56 Å². The van der Waals surface area contributed by atoms with Crippen molar-refractivity contribution >= 4 is 17.5 Å². The number of nitrogens with one attached hydrogen (secondary N) is 2. The summed E-state index contributed by atoms with van der Waals surface area (Å²) in [5.41, 5.74) is 0.889. The summed E-state index contributed by atoms with van der Waals surface area (Å²) in [6.07, 6.45) is 0.0365. The maximum Gasteiger partial charge on any atom is 0.416 e. The van der Waals surface area contributed by atoms with E-state index in [4.69, 9.17) is 0 Å². The molecule has 1 aromatic heterocycles. The van der Waals surface area contributed by atoms with Gasteiger partial charge in [-0.05, 0) is 50.3 Å². The fraction of sp³-hybridized carbons (Fsp3) is 0.444. The van der Waals surface area contributed by atoms with Crippen LogP contribution in [0.1, 0.15) is 48.4 Å². The van der Waals surface area contributed by atoms with Crippen LogP contribution in [0.5, 0.6) is 0 Å². The summed E-state index contributed by atoms with van der Waals surface area (Å²) in [4.78, 5) is 8.96. The van der Waals surface area contributed by atoms with Gasteiger partial charge in [0.2, 0.25) is 5.95 Å². The Balaban J connectivity index is 1.62. The van der Waals surface area contributed by atoms with Crippen molar-refractivity contribution in [2.24, 2.45) is 0 Å². The van der Waals surface area contributed by atoms with E-state index in [1.54, 1.807) is 6.07 Å². The van der Waals surface area contributed by atoms with Gasteiger partial charge < -0.3 is 10.6 Å². The predicted octanol–water partition coefficient (Wildman–Crippen LogP) is 5.00. The third-order valence-corrected chi connectivity index (χ3v) is 4.47. The van der Waals surface area contributed by atoms with Crippen molar-refractivity contribution in [1.29, 1.82) is 0 Å². The van der Waals surface area contributed by atoms with E-state index in [9.17, 15) is 13.2 Å². The molecule has 1 aromatic carbocycles. The molecular formula is C18H19F3N4. The summed E-state index contributed by atoms with van der Waals surface area (Å²) in [6.45, 7) is 1.46. The molecule has 2 N–H and O–H groups in total. The molecule has 4 rings (SSSR count). The number of hydrogen-bond donors (Lipinski definition) is 2. The molecule has 2 aliphatic rings. The van der Waals surface area contributed by atoms with Crippen LogP contribution in [0.25, 0.3) is 0 Å². The van der Waals surface area contributed by atoms with Crippen molar-refractivity contribution in [2.45, 2.75) is 50.7 Å². The third-order valence-electron chi connectivity index (χ3n) is 4.47. The lowest BCUT2D eigenvalue weighted by Gasteiger charge is -2.14. The van der Waals surface area contributed by atoms with Gasteiger partial charge in [0.15, 0.2) is 0 Å². The maximum absolute atomic E-state index is 13.1. The van der Waals surface area contributed by atoms with Crippen LogP contribution < -0.4 is 10.6 Å². The fourth-order valence-corrected chi connectivity index (χ4v) is 2.75. The molecule has 4 nitrogen and oxygen atoms in total. The number of anilines is 3. The van der Waals surface area contributed by atoms with Crippen molar-refractivity contribution in [3.8, 4) is 0 Å². The molecule has 0 aliphatic heterocycles. The molecule has 0 unspecified atom stereocenters. The van der Waals surface area contributed by atoms with Gasteiger partial charge in [0.1, 0.15) is 5.82 Å². The quantitative estimate of drug-likeness (QED) is 0.798. The average Bonchev–Trinajstić information content (AvgIpc) is 3.42. The zero-order valence-corrected chi connectivity index (χ0v) is 13.8. The Morgan fingerprint density at radius 3 is 2.44 bits per heavy atom. The van der Waals surface area contributed by atoms with Crippen molar-refractivity contribution in [3.05, 3.63) is 41.1 Å². The van der Waals surface area contributed by atoms with Crippen molar-refractivity contribution in [2.75, 3.05) is 10.6 Å². The Bertz CT molecular complexity index is 795. The Kier molecular flexibility index (Phi) is 3.81. The third kappa shape index (κ3) is 3.86. The van der Waals surface area contributed by atoms with E-state index in [0.29, 0.717) is 29.4 Å². The van der Waals surface area contributed by atoms with Gasteiger partial charge in [-0.2, -0.15) is 18.2 Å². The summed E-state index contributed by atoms with van der Waals surface area (Å²) in [6, 6.07) is 6.48. The van der Waals surface area contributed by atoms with Crippen LogP contribution >= 0.6 is 0 Å². The highest BCUT2D eigenvalue weighted by atomic mass is 19.4. The Hall–Kier alpha value is -2.31. The van der Waals surface area contributed by atoms with Gasteiger partial charge in [-0.25, -0.2) is 4.98 Å². The van der Waals surface area contributed by atoms with E-state index in [2.05, 4.69) is 20.6 Å². The van der Waals surface area contributed by atoms with Gasteiger partial charge in [-0.3, -0.25) is 0 Å². The Labute approximate surface area is 143 Å². The summed E-state index contributed by atoms with van der Waals surface area (Å²) < 4.78 is 39.3. The van der Waals surface area contributed by atoms with Crippen molar-refractivity contribution < 1.29 is 13.2 Å². The van der Waals surface area contributed by atoms with Crippen molar-refractivity contribution in [3.63, 3.8) is 0 Å². The van der Waals surface area contributed by atoms with Gasteiger partial charge in [-0.1, -0.05) is 6.07 Å². The van der Waals surface area contributed by atoms with Crippen LogP contribution in [0, 0.1) is 6.92 Å². The number of halogens is 3. The highest BCUT2D eigenvalue weighted by Crippen LogP contribution is 2.40. The van der Waals surface area contributed by atoms with Crippen LogP contribution in [0.3, 0.4) is 0 Å². The molecule has 0 spiro atoms. The topological polar surface area (TPSA) is 49.8 Å². The molecule has 132 valence electrons. The minimum absolute atomic E-state index is 0.204. The molecule has 2 fully saturated rings. The molecule has 0 amide bonds. The fourth-order valence-electron chi connectivity index (χ4n) is 2.75. The van der Waals surface area contributed by atoms with Crippen LogP contribution in [-0.2, 0) is 6.18 Å². The lowest BCUT2D eigenvalue weighted by atomic mass is 10.1. The number of alkyl halides is 3. The monoisotopic (exact) mass is 348 g/mol. The van der Waals surface area contributed by atoms with Gasteiger partial charge >= 0.3 is 6.18 Å². The second kappa shape index (κ2) is 5.89. The van der Waals surface area contributed by atoms with E-state index in [0.717, 1.165) is 37.4 Å². The number of benzene rings is 1. The minimum atomic E-state index is -4.37. The van der Waals surface area contributed by atoms with Gasteiger partial charge in [0.25, 0.3) is 0 Å². The standard InChI is InChI=1S/C18H19F3N4/c1-10-2-5-13(8-14(10)18(19,20)21)22-16-9-15(11-3-4-11)24-17(25-16)23-12-6-7-12/h2,5,8-9,11-12H,3-4,6-7H2,1H3,(H2,22,23,24,25). The molecular weight excluding hydrogens is 329 g/mol. The second-order valence-corrected chi connectivity index (χ2v) is 6.85. The summed E-state index contributed by atoms with van der Waals surface area (Å²) in [7, 11) is 0. The van der Waals surface area contributed by atoms with Gasteiger partial charge in [0, 0.05) is 23.7 Å². The predicted molar refractivity (Wildman–Crippen MR) is 90.1 cm³/mol. The summed E-state index contributed by atoms with van der Waals surface area (Å²) >= 11 is 0. The Morgan fingerprint density at radius 2 is 1.80 bits per heavy atom. The largest absolute Gasteiger partial charge is 0.416 e. The number of hydrogen-bond acceptors (Lipinski definition) is 4. The van der Waals surface area contributed by atoms with E-state index >= 15 is 0 Å². The summed E-state index contributed by atoms with van der Waals surface area (Å²) in [5.74, 6) is 1.52.